The number of hydrogen-bond donors (Lipinski definition) is 0. The van der Waals surface area contributed by atoms with Crippen molar-refractivity contribution >= 4 is 11.6 Å². The first-order valence-electron chi connectivity index (χ1n) is 3.92. The second kappa shape index (κ2) is 8.01. The molecule has 0 aliphatic rings. The SMILES string of the molecule is CCC[S+]([O-])F.Fc1ccccc1. The van der Waals surface area contributed by atoms with Gasteiger partial charge in [-0.05, 0) is 18.6 Å². The van der Waals surface area contributed by atoms with Crippen molar-refractivity contribution in [2.45, 2.75) is 13.3 Å². The minimum Gasteiger partial charge on any atom is -0.581 e. The summed E-state index contributed by atoms with van der Waals surface area (Å²) < 4.78 is 32.6. The van der Waals surface area contributed by atoms with Crippen LogP contribution in [0.4, 0.5) is 8.28 Å². The molecule has 1 unspecified atom stereocenters. The lowest BCUT2D eigenvalue weighted by Gasteiger charge is -1.89. The number of benzene rings is 1. The Morgan fingerprint density at radius 2 is 1.85 bits per heavy atom. The van der Waals surface area contributed by atoms with Gasteiger partial charge in [0, 0.05) is 3.89 Å². The van der Waals surface area contributed by atoms with Crippen molar-refractivity contribution in [2.75, 3.05) is 5.75 Å². The third-order valence-corrected chi connectivity index (χ3v) is 1.83. The summed E-state index contributed by atoms with van der Waals surface area (Å²) in [6, 6.07) is 7.94. The normalized spacial score (nSPS) is 11.4. The van der Waals surface area contributed by atoms with Crippen molar-refractivity contribution in [2.24, 2.45) is 0 Å². The highest BCUT2D eigenvalue weighted by atomic mass is 32.3. The fourth-order valence-electron chi connectivity index (χ4n) is 0.575. The van der Waals surface area contributed by atoms with Crippen molar-refractivity contribution in [1.82, 2.24) is 0 Å². The first-order valence-corrected chi connectivity index (χ1v) is 5.14. The molecule has 0 radical (unpaired) electrons. The summed E-state index contributed by atoms with van der Waals surface area (Å²) in [4.78, 5) is 0. The summed E-state index contributed by atoms with van der Waals surface area (Å²) in [6.07, 6.45) is 0.656. The maximum absolute atomic E-state index is 11.9. The van der Waals surface area contributed by atoms with E-state index in [1.54, 1.807) is 25.1 Å². The van der Waals surface area contributed by atoms with Crippen LogP contribution in [-0.2, 0) is 11.6 Å². The molecule has 1 aromatic carbocycles. The quantitative estimate of drug-likeness (QED) is 0.682. The summed E-state index contributed by atoms with van der Waals surface area (Å²) >= 11 is -2.07. The van der Waals surface area contributed by atoms with E-state index in [9.17, 15) is 12.8 Å². The molecule has 1 nitrogen and oxygen atoms in total. The van der Waals surface area contributed by atoms with Crippen LogP contribution in [-0.4, -0.2) is 10.3 Å². The van der Waals surface area contributed by atoms with E-state index in [0.717, 1.165) is 0 Å². The monoisotopic (exact) mass is 206 g/mol. The molecule has 0 saturated carbocycles. The average Bonchev–Trinajstić information content (AvgIpc) is 2.06. The Balaban J connectivity index is 0.000000226. The highest BCUT2D eigenvalue weighted by Gasteiger charge is 1.96. The van der Waals surface area contributed by atoms with E-state index in [-0.39, 0.29) is 11.6 Å². The lowest BCUT2D eigenvalue weighted by molar-refractivity contribution is 0.549. The molecule has 0 aliphatic carbocycles. The molecular formula is C9H12F2OS. The van der Waals surface area contributed by atoms with Crippen LogP contribution in [0, 0.1) is 5.82 Å². The topological polar surface area (TPSA) is 23.1 Å². The van der Waals surface area contributed by atoms with Crippen LogP contribution in [0.25, 0.3) is 0 Å². The van der Waals surface area contributed by atoms with Gasteiger partial charge in [-0.3, -0.25) is 0 Å². The van der Waals surface area contributed by atoms with Gasteiger partial charge in [0.2, 0.25) is 0 Å². The molecule has 1 rings (SSSR count). The maximum Gasteiger partial charge on any atom is 0.177 e. The highest BCUT2D eigenvalue weighted by molar-refractivity contribution is 7.86. The van der Waals surface area contributed by atoms with Gasteiger partial charge in [-0.15, -0.1) is 0 Å². The van der Waals surface area contributed by atoms with Gasteiger partial charge < -0.3 is 4.55 Å². The van der Waals surface area contributed by atoms with Crippen LogP contribution in [0.15, 0.2) is 30.3 Å². The fraction of sp³-hybridized carbons (Fsp3) is 0.333. The van der Waals surface area contributed by atoms with Crippen molar-refractivity contribution < 1.29 is 12.8 Å². The van der Waals surface area contributed by atoms with Crippen LogP contribution in [0.5, 0.6) is 0 Å². The number of hydrogen-bond acceptors (Lipinski definition) is 1. The van der Waals surface area contributed by atoms with Gasteiger partial charge in [-0.2, -0.15) is 0 Å². The lowest BCUT2D eigenvalue weighted by atomic mass is 10.4. The molecule has 0 aromatic heterocycles. The Kier molecular flexibility index (Phi) is 7.63. The summed E-state index contributed by atoms with van der Waals surface area (Å²) in [7, 11) is 0. The molecule has 0 fully saturated rings. The van der Waals surface area contributed by atoms with E-state index >= 15 is 0 Å². The number of halogens is 2. The van der Waals surface area contributed by atoms with E-state index in [2.05, 4.69) is 0 Å². The van der Waals surface area contributed by atoms with E-state index in [1.165, 1.54) is 12.1 Å². The minimum absolute atomic E-state index is 0.178. The van der Waals surface area contributed by atoms with Gasteiger partial charge in [-0.25, -0.2) is 4.39 Å². The third kappa shape index (κ3) is 9.30. The Bertz CT molecular complexity index is 204. The van der Waals surface area contributed by atoms with Crippen LogP contribution >= 0.6 is 0 Å². The largest absolute Gasteiger partial charge is 0.581 e. The predicted molar refractivity (Wildman–Crippen MR) is 50.8 cm³/mol. The second-order valence-corrected chi connectivity index (χ2v) is 3.28. The Labute approximate surface area is 80.3 Å². The molecule has 4 heteroatoms. The van der Waals surface area contributed by atoms with Crippen molar-refractivity contribution in [3.05, 3.63) is 36.1 Å². The van der Waals surface area contributed by atoms with Crippen LogP contribution < -0.4 is 0 Å². The molecule has 13 heavy (non-hydrogen) atoms. The van der Waals surface area contributed by atoms with Gasteiger partial charge in [0.05, 0.1) is 0 Å². The van der Waals surface area contributed by atoms with Crippen LogP contribution in [0.1, 0.15) is 13.3 Å². The first-order chi connectivity index (χ1) is 6.16. The summed E-state index contributed by atoms with van der Waals surface area (Å²) in [5, 5.41) is 0. The maximum atomic E-state index is 11.9. The van der Waals surface area contributed by atoms with Gasteiger partial charge in [0.1, 0.15) is 11.6 Å². The third-order valence-electron chi connectivity index (χ3n) is 1.10. The smallest absolute Gasteiger partial charge is 0.177 e. The van der Waals surface area contributed by atoms with Crippen LogP contribution in [0.2, 0.25) is 0 Å². The van der Waals surface area contributed by atoms with Gasteiger partial charge in [0.25, 0.3) is 0 Å². The van der Waals surface area contributed by atoms with Crippen molar-refractivity contribution in [1.29, 1.82) is 0 Å². The summed E-state index contributed by atoms with van der Waals surface area (Å²) in [5.74, 6) is 0.00231. The fourth-order valence-corrected chi connectivity index (χ4v) is 0.896. The summed E-state index contributed by atoms with van der Waals surface area (Å²) in [5.41, 5.74) is 0. The average molecular weight is 206 g/mol. The molecule has 0 bridgehead atoms. The molecule has 1 atom stereocenters. The van der Waals surface area contributed by atoms with E-state index in [4.69, 9.17) is 0 Å². The van der Waals surface area contributed by atoms with E-state index in [1.807, 2.05) is 0 Å². The minimum atomic E-state index is -2.07. The molecule has 74 valence electrons. The van der Waals surface area contributed by atoms with Gasteiger partial charge >= 0.3 is 0 Å². The Hall–Kier alpha value is -0.610. The first kappa shape index (κ1) is 12.4. The zero-order chi connectivity index (χ0) is 10.1. The zero-order valence-electron chi connectivity index (χ0n) is 7.37. The van der Waals surface area contributed by atoms with Crippen molar-refractivity contribution in [3.8, 4) is 0 Å². The second-order valence-electron chi connectivity index (χ2n) is 2.29. The van der Waals surface area contributed by atoms with Crippen molar-refractivity contribution in [3.63, 3.8) is 0 Å². The molecule has 0 amide bonds. The number of rotatable bonds is 2. The van der Waals surface area contributed by atoms with Crippen LogP contribution in [0.3, 0.4) is 0 Å². The molecule has 0 heterocycles. The van der Waals surface area contributed by atoms with E-state index in [0.29, 0.717) is 6.42 Å². The standard InChI is InChI=1S/C6H5F.C3H7FOS/c7-6-4-2-1-3-5-6;1-2-3-6(4)5/h1-5H;2-3H2,1H3. The zero-order valence-corrected chi connectivity index (χ0v) is 8.19. The molecule has 0 spiro atoms. The van der Waals surface area contributed by atoms with Gasteiger partial charge in [-0.1, -0.05) is 25.1 Å². The Morgan fingerprint density at radius 3 is 2.00 bits per heavy atom. The molecule has 0 saturated heterocycles. The lowest BCUT2D eigenvalue weighted by Crippen LogP contribution is -1.94. The highest BCUT2D eigenvalue weighted by Crippen LogP contribution is 1.92. The summed E-state index contributed by atoms with van der Waals surface area (Å²) in [6.45, 7) is 1.79. The van der Waals surface area contributed by atoms with Gasteiger partial charge in [0.15, 0.2) is 11.6 Å². The molecule has 0 aliphatic heterocycles. The predicted octanol–water partition coefficient (Wildman–Crippen LogP) is 2.86. The molecule has 1 aromatic rings. The molecule has 0 N–H and O–H groups in total. The van der Waals surface area contributed by atoms with E-state index < -0.39 is 11.6 Å². The Morgan fingerprint density at radius 1 is 1.31 bits per heavy atom. The molecular weight excluding hydrogens is 194 g/mol.